The van der Waals surface area contributed by atoms with Gasteiger partial charge in [-0.1, -0.05) is 24.3 Å². The number of hydrogen-bond acceptors (Lipinski definition) is 5. The molecule has 35 heavy (non-hydrogen) atoms. The van der Waals surface area contributed by atoms with Crippen molar-refractivity contribution in [2.45, 2.75) is 12.6 Å². The molecule has 0 heterocycles. The van der Waals surface area contributed by atoms with E-state index in [1.54, 1.807) is 12.1 Å². The Balaban J connectivity index is 1.76. The molecule has 0 spiro atoms. The smallest absolute Gasteiger partial charge is 0.416 e. The van der Waals surface area contributed by atoms with Crippen molar-refractivity contribution >= 4 is 34.1 Å². The Morgan fingerprint density at radius 2 is 1.51 bits per heavy atom. The molecule has 0 bridgehead atoms. The lowest BCUT2D eigenvalue weighted by Gasteiger charge is -2.19. The maximum atomic E-state index is 12.7. The molecule has 0 aliphatic heterocycles. The van der Waals surface area contributed by atoms with Crippen LogP contribution < -0.4 is 15.4 Å². The number of benzene rings is 3. The van der Waals surface area contributed by atoms with Gasteiger partial charge in [0.05, 0.1) is 11.3 Å². The van der Waals surface area contributed by atoms with Crippen molar-refractivity contribution in [1.82, 2.24) is 0 Å². The van der Waals surface area contributed by atoms with Crippen molar-refractivity contribution in [3.8, 4) is 16.9 Å². The lowest BCUT2D eigenvalue weighted by atomic mass is 10.0. The topological polar surface area (TPSA) is 130 Å². The van der Waals surface area contributed by atoms with E-state index in [4.69, 9.17) is 5.73 Å². The largest absolute Gasteiger partial charge is 0.506 e. The van der Waals surface area contributed by atoms with E-state index in [9.17, 15) is 36.3 Å². The number of phenolic OH excluding ortho intramolecular Hbond substituents is 1. The summed E-state index contributed by atoms with van der Waals surface area (Å²) in [7, 11) is -3.21. The quantitative estimate of drug-likeness (QED) is 0.274. The van der Waals surface area contributed by atoms with Gasteiger partial charge in [-0.2, -0.15) is 13.2 Å². The number of thiol groups is 1. The van der Waals surface area contributed by atoms with Gasteiger partial charge in [0.25, 0.3) is 5.91 Å². The summed E-state index contributed by atoms with van der Waals surface area (Å²) in [6.07, 6.45) is -4.71. The minimum absolute atomic E-state index is 0.141. The summed E-state index contributed by atoms with van der Waals surface area (Å²) in [5.74, 6) is -1.65. The van der Waals surface area contributed by atoms with Crippen molar-refractivity contribution in [2.75, 3.05) is 16.2 Å². The standard InChI is InChI=1S/C23H20F3N3O5S/c24-23(25,26)17-7-5-15(6-8-17)14-1-3-16(4-2-14)22(32)28-18-9-10-20(30)19(13-18)29(35(33)34)12-11-21(27)31/h1-10,13,30,35H,11-12H2,(H2,27,31)(H,28,32). The highest BCUT2D eigenvalue weighted by Gasteiger charge is 2.30. The Bertz CT molecular complexity index is 1300. The van der Waals surface area contributed by atoms with Crippen molar-refractivity contribution in [2.24, 2.45) is 5.73 Å². The second kappa shape index (κ2) is 10.5. The van der Waals surface area contributed by atoms with Gasteiger partial charge in [0.15, 0.2) is 0 Å². The van der Waals surface area contributed by atoms with Gasteiger partial charge >= 0.3 is 6.18 Å². The normalized spacial score (nSPS) is 11.3. The number of nitrogens with one attached hydrogen (secondary N) is 1. The number of nitrogens with zero attached hydrogens (tertiary/aromatic N) is 1. The third kappa shape index (κ3) is 6.51. The number of carbonyl (C=O) groups is 2. The molecule has 12 heteroatoms. The van der Waals surface area contributed by atoms with Gasteiger partial charge in [-0.15, -0.1) is 0 Å². The van der Waals surface area contributed by atoms with E-state index in [1.165, 1.54) is 42.5 Å². The number of phenols is 1. The second-order valence-corrected chi connectivity index (χ2v) is 8.35. The number of primary amides is 1. The number of nitrogens with two attached hydrogens (primary N) is 1. The van der Waals surface area contributed by atoms with Gasteiger partial charge in [-0.3, -0.25) is 13.9 Å². The summed E-state index contributed by atoms with van der Waals surface area (Å²) >= 11 is 0. The summed E-state index contributed by atoms with van der Waals surface area (Å²) in [6.45, 7) is -0.287. The predicted molar refractivity (Wildman–Crippen MR) is 124 cm³/mol. The minimum atomic E-state index is -4.43. The van der Waals surface area contributed by atoms with Gasteiger partial charge in [0.2, 0.25) is 16.8 Å². The number of carbonyl (C=O) groups excluding carboxylic acids is 2. The SMILES string of the molecule is NC(=O)CCN(c1cc(NC(=O)c2ccc(-c3ccc(C(F)(F)F)cc3)cc2)ccc1O)[SH](=O)=O. The average molecular weight is 507 g/mol. The second-order valence-electron chi connectivity index (χ2n) is 7.39. The zero-order valence-electron chi connectivity index (χ0n) is 18.0. The zero-order chi connectivity index (χ0) is 25.8. The van der Waals surface area contributed by atoms with Crippen LogP contribution in [0.3, 0.4) is 0 Å². The molecule has 4 N–H and O–H groups in total. The first-order chi connectivity index (χ1) is 16.5. The van der Waals surface area contributed by atoms with E-state index in [-0.39, 0.29) is 35.7 Å². The van der Waals surface area contributed by atoms with Crippen molar-refractivity contribution in [1.29, 1.82) is 0 Å². The Morgan fingerprint density at radius 3 is 2.03 bits per heavy atom. The Kier molecular flexibility index (Phi) is 7.65. The number of hydrogen-bond donors (Lipinski definition) is 4. The summed E-state index contributed by atoms with van der Waals surface area (Å²) in [5, 5.41) is 12.6. The third-order valence-electron chi connectivity index (χ3n) is 4.97. The van der Waals surface area contributed by atoms with Crippen LogP contribution in [0.5, 0.6) is 5.75 Å². The van der Waals surface area contributed by atoms with Gasteiger partial charge in [0.1, 0.15) is 5.75 Å². The molecule has 0 radical (unpaired) electrons. The van der Waals surface area contributed by atoms with Crippen LogP contribution in [0.25, 0.3) is 11.1 Å². The Hall–Kier alpha value is -4.06. The number of halogens is 3. The van der Waals surface area contributed by atoms with Gasteiger partial charge in [-0.25, -0.2) is 8.42 Å². The summed E-state index contributed by atoms with van der Waals surface area (Å²) in [5.41, 5.74) is 5.71. The molecule has 0 unspecified atom stereocenters. The minimum Gasteiger partial charge on any atom is -0.506 e. The molecule has 0 atom stereocenters. The molecule has 2 amide bonds. The van der Waals surface area contributed by atoms with Crippen LogP contribution in [-0.4, -0.2) is 31.9 Å². The summed E-state index contributed by atoms with van der Waals surface area (Å²) in [6, 6.07) is 14.5. The molecular weight excluding hydrogens is 487 g/mol. The number of rotatable bonds is 8. The van der Waals surface area contributed by atoms with Crippen molar-refractivity contribution < 1.29 is 36.3 Å². The molecule has 0 aromatic heterocycles. The van der Waals surface area contributed by atoms with Crippen LogP contribution in [0.15, 0.2) is 66.7 Å². The predicted octanol–water partition coefficient (Wildman–Crippen LogP) is 3.54. The maximum Gasteiger partial charge on any atom is 0.416 e. The van der Waals surface area contributed by atoms with Crippen LogP contribution >= 0.6 is 0 Å². The summed E-state index contributed by atoms with van der Waals surface area (Å²) in [4.78, 5) is 23.7. The Labute approximate surface area is 199 Å². The maximum absolute atomic E-state index is 12.7. The first-order valence-corrected chi connectivity index (χ1v) is 11.2. The van der Waals surface area contributed by atoms with Crippen LogP contribution in [0.4, 0.5) is 24.5 Å². The molecule has 3 rings (SSSR count). The fourth-order valence-electron chi connectivity index (χ4n) is 3.18. The van der Waals surface area contributed by atoms with Crippen LogP contribution in [0.2, 0.25) is 0 Å². The summed E-state index contributed by atoms with van der Waals surface area (Å²) < 4.78 is 62.2. The molecule has 0 saturated heterocycles. The monoisotopic (exact) mass is 507 g/mol. The van der Waals surface area contributed by atoms with E-state index in [1.807, 2.05) is 0 Å². The van der Waals surface area contributed by atoms with E-state index in [0.717, 1.165) is 16.4 Å². The molecule has 3 aromatic rings. The Morgan fingerprint density at radius 1 is 0.943 bits per heavy atom. The number of alkyl halides is 3. The number of amides is 2. The molecule has 0 saturated carbocycles. The fraction of sp³-hybridized carbons (Fsp3) is 0.130. The lowest BCUT2D eigenvalue weighted by molar-refractivity contribution is -0.137. The van der Waals surface area contributed by atoms with E-state index >= 15 is 0 Å². The van der Waals surface area contributed by atoms with Crippen LogP contribution in [0, 0.1) is 0 Å². The molecule has 184 valence electrons. The molecule has 8 nitrogen and oxygen atoms in total. The van der Waals surface area contributed by atoms with E-state index < -0.39 is 34.4 Å². The van der Waals surface area contributed by atoms with Gasteiger partial charge in [-0.05, 0) is 53.6 Å². The zero-order valence-corrected chi connectivity index (χ0v) is 18.8. The van der Waals surface area contributed by atoms with Gasteiger partial charge in [0, 0.05) is 24.2 Å². The molecule has 3 aromatic carbocycles. The van der Waals surface area contributed by atoms with Crippen molar-refractivity contribution in [3.63, 3.8) is 0 Å². The lowest BCUT2D eigenvalue weighted by Crippen LogP contribution is -2.27. The highest BCUT2D eigenvalue weighted by molar-refractivity contribution is 7.74. The van der Waals surface area contributed by atoms with Crippen molar-refractivity contribution in [3.05, 3.63) is 77.9 Å². The molecule has 0 aliphatic carbocycles. The van der Waals surface area contributed by atoms with E-state index in [0.29, 0.717) is 11.1 Å². The van der Waals surface area contributed by atoms with Gasteiger partial charge < -0.3 is 16.2 Å². The fourth-order valence-corrected chi connectivity index (χ4v) is 3.78. The average Bonchev–Trinajstić information content (AvgIpc) is 2.80. The molecule has 0 aliphatic rings. The first kappa shape index (κ1) is 25.6. The molecular formula is C23H20F3N3O5S. The van der Waals surface area contributed by atoms with Crippen LogP contribution in [-0.2, 0) is 21.9 Å². The first-order valence-electron chi connectivity index (χ1n) is 10.1. The highest BCUT2D eigenvalue weighted by Crippen LogP contribution is 2.32. The third-order valence-corrected chi connectivity index (χ3v) is 5.78. The molecule has 0 fully saturated rings. The highest BCUT2D eigenvalue weighted by atomic mass is 32.2. The number of aromatic hydroxyl groups is 1. The van der Waals surface area contributed by atoms with Crippen LogP contribution in [0.1, 0.15) is 22.3 Å². The van der Waals surface area contributed by atoms with E-state index in [2.05, 4.69) is 5.32 Å². The number of anilines is 2.